The molecule has 0 aliphatic carbocycles. The van der Waals surface area contributed by atoms with Crippen LogP contribution in [0.5, 0.6) is 0 Å². The highest BCUT2D eigenvalue weighted by atomic mass is 28.4. The van der Waals surface area contributed by atoms with Gasteiger partial charge in [-0.05, 0) is 37.0 Å². The van der Waals surface area contributed by atoms with E-state index in [0.29, 0.717) is 6.54 Å². The van der Waals surface area contributed by atoms with Gasteiger partial charge in [0.05, 0.1) is 0 Å². The molecule has 0 unspecified atom stereocenters. The number of hydrogen-bond donors (Lipinski definition) is 1. The summed E-state index contributed by atoms with van der Waals surface area (Å²) in [5.41, 5.74) is 5.78. The van der Waals surface area contributed by atoms with Crippen molar-refractivity contribution in [2.75, 3.05) is 19.8 Å². The van der Waals surface area contributed by atoms with Crippen LogP contribution in [0, 0.1) is 0 Å². The Kier molecular flexibility index (Phi) is 11.2. The molecule has 0 aliphatic rings. The van der Waals surface area contributed by atoms with Crippen LogP contribution in [-0.2, 0) is 8.85 Å². The fourth-order valence-corrected chi connectivity index (χ4v) is 6.01. The van der Waals surface area contributed by atoms with Gasteiger partial charge in [-0.1, -0.05) is 69.9 Å². The van der Waals surface area contributed by atoms with E-state index in [1.165, 1.54) is 30.9 Å². The van der Waals surface area contributed by atoms with Crippen molar-refractivity contribution < 1.29 is 8.85 Å². The van der Waals surface area contributed by atoms with Crippen LogP contribution in [0.4, 0.5) is 0 Å². The van der Waals surface area contributed by atoms with Crippen LogP contribution in [0.2, 0.25) is 6.04 Å². The topological polar surface area (TPSA) is 44.5 Å². The average molecular weight is 338 g/mol. The quantitative estimate of drug-likeness (QED) is 0.411. The van der Waals surface area contributed by atoms with E-state index in [0.717, 1.165) is 38.5 Å². The molecule has 2 N–H and O–H groups in total. The molecule has 0 aliphatic heterocycles. The third-order valence-corrected chi connectivity index (χ3v) is 7.66. The summed E-state index contributed by atoms with van der Waals surface area (Å²) in [7, 11) is -2.37. The Labute approximate surface area is 143 Å². The molecule has 0 spiro atoms. The second kappa shape index (κ2) is 12.7. The molecular weight excluding hydrogens is 302 g/mol. The number of benzene rings is 1. The summed E-state index contributed by atoms with van der Waals surface area (Å²) in [6.45, 7) is 6.73. The lowest BCUT2D eigenvalue weighted by Gasteiger charge is -2.31. The maximum absolute atomic E-state index is 6.46. The molecule has 4 heteroatoms. The van der Waals surface area contributed by atoms with Crippen LogP contribution in [0.1, 0.15) is 58.8 Å². The van der Waals surface area contributed by atoms with Crippen LogP contribution in [0.15, 0.2) is 30.3 Å². The molecular formula is C19H35NO2Si. The minimum atomic E-state index is -2.37. The van der Waals surface area contributed by atoms with Gasteiger partial charge in [-0.25, -0.2) is 0 Å². The molecule has 0 bridgehead atoms. The monoisotopic (exact) mass is 337 g/mol. The molecule has 0 radical (unpaired) electrons. The van der Waals surface area contributed by atoms with Gasteiger partial charge in [0.15, 0.2) is 0 Å². The zero-order valence-electron chi connectivity index (χ0n) is 15.1. The molecule has 0 saturated carbocycles. The largest absolute Gasteiger partial charge is 0.391 e. The SMILES string of the molecule is CCCCCO[Si](CCCN)(OCCCCC)c1ccccc1. The summed E-state index contributed by atoms with van der Waals surface area (Å²) < 4.78 is 12.9. The molecule has 0 fully saturated rings. The van der Waals surface area contributed by atoms with Crippen molar-refractivity contribution in [3.63, 3.8) is 0 Å². The predicted molar refractivity (Wildman–Crippen MR) is 101 cm³/mol. The maximum atomic E-state index is 6.46. The van der Waals surface area contributed by atoms with E-state index in [-0.39, 0.29) is 0 Å². The first-order chi connectivity index (χ1) is 11.3. The smallest absolute Gasteiger partial charge is 0.372 e. The fraction of sp³-hybridized carbons (Fsp3) is 0.684. The van der Waals surface area contributed by atoms with Crippen molar-refractivity contribution >= 4 is 13.7 Å². The van der Waals surface area contributed by atoms with Gasteiger partial charge in [0, 0.05) is 13.2 Å². The number of nitrogens with two attached hydrogens (primary N) is 1. The van der Waals surface area contributed by atoms with Gasteiger partial charge in [-0.3, -0.25) is 0 Å². The highest BCUT2D eigenvalue weighted by molar-refractivity contribution is 6.81. The predicted octanol–water partition coefficient (Wildman–Crippen LogP) is 4.10. The number of hydrogen-bond acceptors (Lipinski definition) is 3. The molecule has 0 atom stereocenters. The van der Waals surface area contributed by atoms with E-state index in [1.807, 2.05) is 0 Å². The number of rotatable bonds is 14. The second-order valence-corrected chi connectivity index (χ2v) is 9.28. The van der Waals surface area contributed by atoms with E-state index in [2.05, 4.69) is 44.2 Å². The summed E-state index contributed by atoms with van der Waals surface area (Å²) >= 11 is 0. The van der Waals surface area contributed by atoms with Crippen LogP contribution in [0.25, 0.3) is 0 Å². The molecule has 0 amide bonds. The standard InChI is InChI=1S/C19H35NO2Si/c1-3-5-10-16-21-23(18-12-15-20,22-17-11-6-4-2)19-13-8-7-9-14-19/h7-9,13-14H,3-6,10-12,15-18,20H2,1-2H3. The summed E-state index contributed by atoms with van der Waals surface area (Å²) in [5, 5.41) is 1.25. The van der Waals surface area contributed by atoms with E-state index < -0.39 is 8.56 Å². The lowest BCUT2D eigenvalue weighted by molar-refractivity contribution is 0.173. The van der Waals surface area contributed by atoms with Gasteiger partial charge >= 0.3 is 8.56 Å². The van der Waals surface area contributed by atoms with E-state index in [4.69, 9.17) is 14.6 Å². The Morgan fingerprint density at radius 2 is 1.39 bits per heavy atom. The first-order valence-corrected chi connectivity index (χ1v) is 11.3. The zero-order valence-corrected chi connectivity index (χ0v) is 16.1. The molecule has 132 valence electrons. The van der Waals surface area contributed by atoms with Crippen molar-refractivity contribution in [1.82, 2.24) is 0 Å². The minimum absolute atomic E-state index is 0.693. The normalized spacial score (nSPS) is 11.8. The second-order valence-electron chi connectivity index (χ2n) is 6.12. The van der Waals surface area contributed by atoms with Crippen LogP contribution < -0.4 is 10.9 Å². The fourth-order valence-electron chi connectivity index (χ4n) is 2.70. The number of unbranched alkanes of at least 4 members (excludes halogenated alkanes) is 4. The van der Waals surface area contributed by atoms with Crippen molar-refractivity contribution in [3.8, 4) is 0 Å². The van der Waals surface area contributed by atoms with E-state index >= 15 is 0 Å². The first-order valence-electron chi connectivity index (χ1n) is 9.32. The van der Waals surface area contributed by atoms with Crippen molar-refractivity contribution in [1.29, 1.82) is 0 Å². The minimum Gasteiger partial charge on any atom is -0.391 e. The van der Waals surface area contributed by atoms with Crippen molar-refractivity contribution in [3.05, 3.63) is 30.3 Å². The third kappa shape index (κ3) is 7.62. The molecule has 0 heterocycles. The van der Waals surface area contributed by atoms with E-state index in [1.54, 1.807) is 0 Å². The Morgan fingerprint density at radius 1 is 0.826 bits per heavy atom. The molecule has 0 saturated heterocycles. The summed E-state index contributed by atoms with van der Waals surface area (Å²) in [5.74, 6) is 0. The first kappa shape index (κ1) is 20.4. The van der Waals surface area contributed by atoms with Gasteiger partial charge in [0.25, 0.3) is 0 Å². The van der Waals surface area contributed by atoms with Crippen molar-refractivity contribution in [2.24, 2.45) is 5.73 Å². The van der Waals surface area contributed by atoms with E-state index in [9.17, 15) is 0 Å². The zero-order chi connectivity index (χ0) is 16.8. The van der Waals surface area contributed by atoms with Gasteiger partial charge < -0.3 is 14.6 Å². The average Bonchev–Trinajstić information content (AvgIpc) is 2.60. The summed E-state index contributed by atoms with van der Waals surface area (Å²) in [6.07, 6.45) is 8.03. The van der Waals surface area contributed by atoms with Crippen LogP contribution in [0.3, 0.4) is 0 Å². The maximum Gasteiger partial charge on any atom is 0.372 e. The lowest BCUT2D eigenvalue weighted by atomic mass is 10.3. The molecule has 0 aromatic heterocycles. The Morgan fingerprint density at radius 3 is 1.87 bits per heavy atom. The van der Waals surface area contributed by atoms with Crippen LogP contribution >= 0.6 is 0 Å². The third-order valence-electron chi connectivity index (χ3n) is 4.09. The molecule has 1 aromatic carbocycles. The van der Waals surface area contributed by atoms with Crippen LogP contribution in [-0.4, -0.2) is 28.3 Å². The van der Waals surface area contributed by atoms with Gasteiger partial charge in [-0.2, -0.15) is 0 Å². The Balaban J connectivity index is 2.82. The highest BCUT2D eigenvalue weighted by Gasteiger charge is 2.39. The summed E-state index contributed by atoms with van der Waals surface area (Å²) in [4.78, 5) is 0. The van der Waals surface area contributed by atoms with Gasteiger partial charge in [0.2, 0.25) is 0 Å². The molecule has 1 aromatic rings. The van der Waals surface area contributed by atoms with Gasteiger partial charge in [-0.15, -0.1) is 0 Å². The Bertz CT molecular complexity index is 374. The molecule has 23 heavy (non-hydrogen) atoms. The molecule has 1 rings (SSSR count). The molecule has 3 nitrogen and oxygen atoms in total. The Hall–Kier alpha value is -0.683. The van der Waals surface area contributed by atoms with Crippen molar-refractivity contribution in [2.45, 2.75) is 64.8 Å². The highest BCUT2D eigenvalue weighted by Crippen LogP contribution is 2.18. The lowest BCUT2D eigenvalue weighted by Crippen LogP contribution is -2.54. The van der Waals surface area contributed by atoms with Gasteiger partial charge in [0.1, 0.15) is 0 Å². The summed E-state index contributed by atoms with van der Waals surface area (Å²) in [6, 6.07) is 11.5.